The molecule has 7 heteroatoms. The summed E-state index contributed by atoms with van der Waals surface area (Å²) in [6.45, 7) is 0.0277. The molecule has 0 radical (unpaired) electrons. The molecule has 0 saturated carbocycles. The van der Waals surface area contributed by atoms with E-state index in [4.69, 9.17) is 54.2 Å². The van der Waals surface area contributed by atoms with Gasteiger partial charge in [-0.25, -0.2) is 0 Å². The van der Waals surface area contributed by atoms with Gasteiger partial charge in [-0.1, -0.05) is 32.6 Å². The molecule has 0 aromatic heterocycles. The maximum absolute atomic E-state index is 6.26. The molecule has 94 valence electrons. The minimum Gasteiger partial charge on any atom is -0.146 e. The van der Waals surface area contributed by atoms with E-state index in [1.807, 2.05) is 0 Å². The number of hydrogen-bond donors (Lipinski definition) is 0. The van der Waals surface area contributed by atoms with Gasteiger partial charge < -0.3 is 0 Å². The summed E-state index contributed by atoms with van der Waals surface area (Å²) in [5.41, 5.74) is 0. The Labute approximate surface area is 118 Å². The van der Waals surface area contributed by atoms with Crippen molar-refractivity contribution in [1.82, 2.24) is 0 Å². The first-order valence-electron chi connectivity index (χ1n) is 5.04. The first-order valence-corrected chi connectivity index (χ1v) is 13.8. The number of rotatable bonds is 8. The summed E-state index contributed by atoms with van der Waals surface area (Å²) < 4.78 is 0. The van der Waals surface area contributed by atoms with Crippen LogP contribution in [0.5, 0.6) is 0 Å². The lowest BCUT2D eigenvalue weighted by Gasteiger charge is -2.21. The molecule has 0 rings (SSSR count). The predicted molar refractivity (Wildman–Crippen MR) is 81.2 cm³/mol. The minimum absolute atomic E-state index is 0.532. The van der Waals surface area contributed by atoms with Gasteiger partial charge in [0.1, 0.15) is 0 Å². The second-order valence-corrected chi connectivity index (χ2v) is 18.8. The van der Waals surface area contributed by atoms with Crippen LogP contribution in [-0.4, -0.2) is 12.4 Å². The second kappa shape index (κ2) is 8.18. The first kappa shape index (κ1) is 17.0. The normalized spacial score (nSPS) is 14.3. The van der Waals surface area contributed by atoms with Crippen LogP contribution >= 0.6 is 61.9 Å². The van der Waals surface area contributed by atoms with Gasteiger partial charge in [0, 0.05) is 5.75 Å². The Bertz CT molecular complexity index is 171. The highest BCUT2D eigenvalue weighted by molar-refractivity contribution is 8.79. The summed E-state index contributed by atoms with van der Waals surface area (Å²) in [5.74, 6) is 0.532. The van der Waals surface area contributed by atoms with Crippen LogP contribution in [0.15, 0.2) is 0 Å². The molecule has 15 heavy (non-hydrogen) atoms. The molecule has 0 fully saturated rings. The van der Waals surface area contributed by atoms with Gasteiger partial charge in [0.2, 0.25) is 0 Å². The van der Waals surface area contributed by atoms with E-state index >= 15 is 0 Å². The van der Waals surface area contributed by atoms with E-state index in [0.29, 0.717) is 11.8 Å². The molecule has 0 bridgehead atoms. The molecule has 0 nitrogen and oxygen atoms in total. The van der Waals surface area contributed by atoms with Crippen LogP contribution < -0.4 is 0 Å². The molecule has 0 spiro atoms. The summed E-state index contributed by atoms with van der Waals surface area (Å²) in [4.78, 5) is 0. The van der Waals surface area contributed by atoms with E-state index in [2.05, 4.69) is 6.92 Å². The van der Waals surface area contributed by atoms with Gasteiger partial charge >= 0.3 is 0 Å². The molecule has 0 atom stereocenters. The molecule has 0 aromatic carbocycles. The van der Waals surface area contributed by atoms with Gasteiger partial charge in [0.05, 0.1) is 0 Å². The van der Waals surface area contributed by atoms with E-state index < -0.39 is 14.4 Å². The average Bonchev–Trinajstić information content (AvgIpc) is 2.09. The van der Waals surface area contributed by atoms with Crippen molar-refractivity contribution in [3.05, 3.63) is 0 Å². The highest BCUT2D eigenvalue weighted by Gasteiger charge is 2.30. The largest absolute Gasteiger partial charge is 0.252 e. The maximum atomic E-state index is 6.26. The molecule has 0 amide bonds. The fourth-order valence-electron chi connectivity index (χ4n) is 1.20. The number of hydrogen-bond acceptors (Lipinski definition) is 0. The molecule has 0 aromatic rings. The Morgan fingerprint density at radius 3 is 2.00 bits per heavy atom. The lowest BCUT2D eigenvalue weighted by molar-refractivity contribution is 0.698. The monoisotopic (exact) mass is 348 g/mol. The molecule has 0 aliphatic heterocycles. The van der Waals surface area contributed by atoms with Crippen molar-refractivity contribution in [3.8, 4) is 0 Å². The van der Waals surface area contributed by atoms with Crippen molar-refractivity contribution in [2.45, 2.75) is 44.7 Å². The van der Waals surface area contributed by atoms with Crippen LogP contribution in [-0.2, 0) is 0 Å². The van der Waals surface area contributed by atoms with E-state index in [1.165, 1.54) is 19.3 Å². The zero-order chi connectivity index (χ0) is 11.9. The summed E-state index contributed by atoms with van der Waals surface area (Å²) >= 11 is 12.5. The molecule has 0 unspecified atom stereocenters. The highest BCUT2D eigenvalue weighted by Crippen LogP contribution is 2.64. The lowest BCUT2D eigenvalue weighted by Crippen LogP contribution is -2.20. The summed E-state index contributed by atoms with van der Waals surface area (Å²) in [7, 11) is 15.2. The fourth-order valence-corrected chi connectivity index (χ4v) is 8.61. The maximum Gasteiger partial charge on any atom is 0.252 e. The molecule has 0 aliphatic rings. The molecule has 0 saturated heterocycles. The van der Waals surface area contributed by atoms with Crippen LogP contribution in [0.4, 0.5) is 0 Å². The van der Waals surface area contributed by atoms with Crippen molar-refractivity contribution in [2.24, 2.45) is 0 Å². The number of unbranched alkanes of at least 4 members (excludes halogenated alkanes) is 3. The molecule has 0 aliphatic carbocycles. The minimum atomic E-state index is -2.15. The Morgan fingerprint density at radius 2 is 1.53 bits per heavy atom. The quantitative estimate of drug-likeness (QED) is 0.258. The third kappa shape index (κ3) is 12.3. The van der Waals surface area contributed by atoms with Gasteiger partial charge in [-0.15, -0.1) is 22.2 Å². The smallest absolute Gasteiger partial charge is 0.146 e. The first-order chi connectivity index (χ1) is 6.77. The highest BCUT2D eigenvalue weighted by atomic mass is 36.2. The van der Waals surface area contributed by atoms with Crippen molar-refractivity contribution < 1.29 is 0 Å². The third-order valence-electron chi connectivity index (χ3n) is 2.10. The van der Waals surface area contributed by atoms with Crippen molar-refractivity contribution in [3.63, 3.8) is 0 Å². The molecular weight excluding hydrogens is 334 g/mol. The fraction of sp³-hybridized carbons (Fsp3) is 1.00. The van der Waals surface area contributed by atoms with E-state index in [0.717, 1.165) is 12.5 Å². The average molecular weight is 351 g/mol. The van der Waals surface area contributed by atoms with Gasteiger partial charge in [0.25, 0.3) is 6.69 Å². The molecule has 0 N–H and O–H groups in total. The van der Waals surface area contributed by atoms with E-state index in [-0.39, 0.29) is 0 Å². The SMILES string of the molecule is CCCCCC[Si](Cl)(Cl)CCS(Cl)(Cl)Cl. The van der Waals surface area contributed by atoms with Gasteiger partial charge in [-0.05, 0) is 51.8 Å². The lowest BCUT2D eigenvalue weighted by atomic mass is 10.2. The second-order valence-electron chi connectivity index (χ2n) is 3.62. The third-order valence-corrected chi connectivity index (χ3v) is 8.85. The Kier molecular flexibility index (Phi) is 9.28. The van der Waals surface area contributed by atoms with Crippen molar-refractivity contribution in [2.75, 3.05) is 5.75 Å². The van der Waals surface area contributed by atoms with Crippen LogP contribution in [0.25, 0.3) is 0 Å². The predicted octanol–water partition coefficient (Wildman–Crippen LogP) is 6.75. The number of halogens is 5. The van der Waals surface area contributed by atoms with E-state index in [9.17, 15) is 0 Å². The molecular formula is C8H17Cl5SSi. The van der Waals surface area contributed by atoms with Crippen molar-refractivity contribution in [1.29, 1.82) is 0 Å². The topological polar surface area (TPSA) is 0 Å². The van der Waals surface area contributed by atoms with Crippen LogP contribution in [0.1, 0.15) is 32.6 Å². The standard InChI is InChI=1S/C8H17Cl5SSi/c1-2-3-4-5-7-15(12,13)8-6-14(9,10)11/h2-8H2,1H3. The Morgan fingerprint density at radius 1 is 0.933 bits per heavy atom. The Hall–Kier alpha value is 2.02. The van der Waals surface area contributed by atoms with Gasteiger partial charge in [0.15, 0.2) is 0 Å². The summed E-state index contributed by atoms with van der Waals surface area (Å²) in [5, 5.41) is 0. The van der Waals surface area contributed by atoms with Gasteiger partial charge in [-0.2, -0.15) is 0 Å². The van der Waals surface area contributed by atoms with Crippen LogP contribution in [0.2, 0.25) is 12.1 Å². The summed E-state index contributed by atoms with van der Waals surface area (Å²) in [6.07, 6.45) is 4.76. The Balaban J connectivity index is 3.67. The summed E-state index contributed by atoms with van der Waals surface area (Å²) in [6, 6.07) is 1.60. The van der Waals surface area contributed by atoms with Crippen molar-refractivity contribution >= 4 is 68.6 Å². The van der Waals surface area contributed by atoms with E-state index in [1.54, 1.807) is 0 Å². The van der Waals surface area contributed by atoms with Gasteiger partial charge in [-0.3, -0.25) is 0 Å². The zero-order valence-corrected chi connectivity index (χ0v) is 14.3. The van der Waals surface area contributed by atoms with Crippen LogP contribution in [0, 0.1) is 0 Å². The molecule has 0 heterocycles. The van der Waals surface area contributed by atoms with Crippen LogP contribution in [0.3, 0.4) is 0 Å². The zero-order valence-electron chi connectivity index (χ0n) is 8.75.